The fraction of sp³-hybridized carbons (Fsp3) is 0.375. The van der Waals surface area contributed by atoms with Gasteiger partial charge in [-0.15, -0.1) is 32.9 Å². The van der Waals surface area contributed by atoms with Gasteiger partial charge in [-0.1, -0.05) is 27.7 Å². The number of hydrogen-bond donors (Lipinski definition) is 0. The van der Waals surface area contributed by atoms with E-state index in [0.717, 1.165) is 9.75 Å². The fourth-order valence-corrected chi connectivity index (χ4v) is 3.10. The molecule has 3 nitrogen and oxygen atoms in total. The summed E-state index contributed by atoms with van der Waals surface area (Å²) in [6, 6.07) is 8.13. The van der Waals surface area contributed by atoms with Crippen LogP contribution in [0.1, 0.15) is 37.4 Å². The van der Waals surface area contributed by atoms with Crippen LogP contribution in [0.15, 0.2) is 28.7 Å². The largest absolute Gasteiger partial charge is 0.414 e. The first kappa shape index (κ1) is 17.6. The van der Waals surface area contributed by atoms with Crippen molar-refractivity contribution in [3.05, 3.63) is 34.0 Å². The van der Waals surface area contributed by atoms with Crippen molar-refractivity contribution in [2.45, 2.75) is 41.5 Å². The Labute approximate surface area is 134 Å². The van der Waals surface area contributed by atoms with Crippen molar-refractivity contribution < 1.29 is 4.42 Å². The predicted octanol–water partition coefficient (Wildman–Crippen LogP) is 6.20. The number of aryl methyl sites for hydroxylation is 2. The van der Waals surface area contributed by atoms with Crippen molar-refractivity contribution in [1.29, 1.82) is 0 Å². The summed E-state index contributed by atoms with van der Waals surface area (Å²) in [6.07, 6.45) is 0. The molecule has 0 unspecified atom stereocenters. The second-order valence-electron chi connectivity index (χ2n) is 3.73. The van der Waals surface area contributed by atoms with Crippen LogP contribution in [0.25, 0.3) is 21.5 Å². The summed E-state index contributed by atoms with van der Waals surface area (Å²) in [5.41, 5.74) is 0. The normalized spacial score (nSPS) is 9.43. The van der Waals surface area contributed by atoms with Crippen LogP contribution < -0.4 is 0 Å². The lowest BCUT2D eigenvalue weighted by molar-refractivity contribution is 0.587. The fourth-order valence-electron chi connectivity index (χ4n) is 1.52. The molecule has 0 aliphatic heterocycles. The SMILES string of the molecule is CC.CC.Cc1ccc(-c2nnc(-c3ccc(C)s3)o2)s1. The second-order valence-corrected chi connectivity index (χ2v) is 6.31. The van der Waals surface area contributed by atoms with Crippen molar-refractivity contribution in [3.63, 3.8) is 0 Å². The molecule has 0 aliphatic rings. The zero-order valence-corrected chi connectivity index (χ0v) is 15.1. The van der Waals surface area contributed by atoms with Gasteiger partial charge in [0.2, 0.25) is 0 Å². The quantitative estimate of drug-likeness (QED) is 0.564. The van der Waals surface area contributed by atoms with Crippen LogP contribution in [0.4, 0.5) is 0 Å². The van der Waals surface area contributed by atoms with Crippen LogP contribution >= 0.6 is 22.7 Å². The molecule has 0 saturated heterocycles. The van der Waals surface area contributed by atoms with E-state index in [1.807, 2.05) is 39.8 Å². The maximum absolute atomic E-state index is 5.68. The average molecular weight is 322 g/mol. The minimum Gasteiger partial charge on any atom is -0.414 e. The molecule has 5 heteroatoms. The van der Waals surface area contributed by atoms with Gasteiger partial charge >= 0.3 is 0 Å². The van der Waals surface area contributed by atoms with E-state index < -0.39 is 0 Å². The summed E-state index contributed by atoms with van der Waals surface area (Å²) < 4.78 is 5.68. The molecule has 0 bridgehead atoms. The molecule has 0 N–H and O–H groups in total. The van der Waals surface area contributed by atoms with E-state index >= 15 is 0 Å². The lowest BCUT2D eigenvalue weighted by atomic mass is 10.4. The van der Waals surface area contributed by atoms with Gasteiger partial charge in [-0.05, 0) is 38.1 Å². The van der Waals surface area contributed by atoms with Gasteiger partial charge in [0.25, 0.3) is 11.8 Å². The van der Waals surface area contributed by atoms with Crippen molar-refractivity contribution in [2.75, 3.05) is 0 Å². The van der Waals surface area contributed by atoms with Crippen LogP contribution in [-0.2, 0) is 0 Å². The summed E-state index contributed by atoms with van der Waals surface area (Å²) in [5, 5.41) is 8.17. The molecule has 21 heavy (non-hydrogen) atoms. The topological polar surface area (TPSA) is 38.9 Å². The van der Waals surface area contributed by atoms with E-state index in [4.69, 9.17) is 4.42 Å². The third-order valence-electron chi connectivity index (χ3n) is 2.33. The van der Waals surface area contributed by atoms with Gasteiger partial charge in [-0.2, -0.15) is 0 Å². The Hall–Kier alpha value is -1.46. The van der Waals surface area contributed by atoms with Gasteiger partial charge in [0.05, 0.1) is 9.75 Å². The van der Waals surface area contributed by atoms with Gasteiger partial charge in [0.1, 0.15) is 0 Å². The lowest BCUT2D eigenvalue weighted by Crippen LogP contribution is -1.71. The van der Waals surface area contributed by atoms with Crippen molar-refractivity contribution in [3.8, 4) is 21.5 Å². The zero-order chi connectivity index (χ0) is 15.8. The molecule has 3 aromatic heterocycles. The second kappa shape index (κ2) is 8.74. The first-order chi connectivity index (χ1) is 10.2. The molecular formula is C16H22N2OS2. The van der Waals surface area contributed by atoms with E-state index in [9.17, 15) is 0 Å². The summed E-state index contributed by atoms with van der Waals surface area (Å²) in [4.78, 5) is 4.53. The van der Waals surface area contributed by atoms with Crippen LogP contribution in [0.5, 0.6) is 0 Å². The van der Waals surface area contributed by atoms with Gasteiger partial charge in [-0.3, -0.25) is 0 Å². The number of rotatable bonds is 2. The summed E-state index contributed by atoms with van der Waals surface area (Å²) in [7, 11) is 0. The highest BCUT2D eigenvalue weighted by molar-refractivity contribution is 7.15. The number of nitrogens with zero attached hydrogens (tertiary/aromatic N) is 2. The number of aromatic nitrogens is 2. The Morgan fingerprint density at radius 3 is 1.38 bits per heavy atom. The zero-order valence-electron chi connectivity index (χ0n) is 13.4. The highest BCUT2D eigenvalue weighted by Crippen LogP contribution is 2.31. The molecule has 0 spiro atoms. The van der Waals surface area contributed by atoms with Gasteiger partial charge in [-0.25, -0.2) is 0 Å². The van der Waals surface area contributed by atoms with E-state index in [0.29, 0.717) is 11.8 Å². The molecule has 114 valence electrons. The van der Waals surface area contributed by atoms with Crippen molar-refractivity contribution in [2.24, 2.45) is 0 Å². The first-order valence-electron chi connectivity index (χ1n) is 7.19. The van der Waals surface area contributed by atoms with Crippen LogP contribution in [-0.4, -0.2) is 10.2 Å². The van der Waals surface area contributed by atoms with Gasteiger partial charge in [0.15, 0.2) is 0 Å². The van der Waals surface area contributed by atoms with Crippen LogP contribution in [0.3, 0.4) is 0 Å². The average Bonchev–Trinajstić information content (AvgIpc) is 3.23. The van der Waals surface area contributed by atoms with E-state index in [1.165, 1.54) is 9.75 Å². The molecule has 3 heterocycles. The summed E-state index contributed by atoms with van der Waals surface area (Å²) in [5.74, 6) is 1.20. The molecule has 0 aliphatic carbocycles. The molecule has 0 saturated carbocycles. The molecule has 0 radical (unpaired) electrons. The third-order valence-corrected chi connectivity index (χ3v) is 4.30. The summed E-state index contributed by atoms with van der Waals surface area (Å²) in [6.45, 7) is 12.1. The molecule has 0 amide bonds. The van der Waals surface area contributed by atoms with Crippen LogP contribution in [0, 0.1) is 13.8 Å². The summed E-state index contributed by atoms with van der Waals surface area (Å²) >= 11 is 3.32. The third kappa shape index (κ3) is 4.51. The molecule has 0 aromatic carbocycles. The minimum atomic E-state index is 0.601. The Morgan fingerprint density at radius 1 is 0.714 bits per heavy atom. The molecule has 3 rings (SSSR count). The maximum atomic E-state index is 5.68. The van der Waals surface area contributed by atoms with Crippen molar-refractivity contribution in [1.82, 2.24) is 10.2 Å². The predicted molar refractivity (Wildman–Crippen MR) is 93.1 cm³/mol. The lowest BCUT2D eigenvalue weighted by Gasteiger charge is -1.87. The minimum absolute atomic E-state index is 0.601. The Morgan fingerprint density at radius 2 is 1.10 bits per heavy atom. The van der Waals surface area contributed by atoms with Gasteiger partial charge < -0.3 is 4.42 Å². The molecule has 0 atom stereocenters. The van der Waals surface area contributed by atoms with Crippen LogP contribution in [0.2, 0.25) is 0 Å². The van der Waals surface area contributed by atoms with E-state index in [1.54, 1.807) is 22.7 Å². The molecule has 3 aromatic rings. The van der Waals surface area contributed by atoms with E-state index in [-0.39, 0.29) is 0 Å². The highest BCUT2D eigenvalue weighted by atomic mass is 32.1. The molecular weight excluding hydrogens is 300 g/mol. The van der Waals surface area contributed by atoms with Gasteiger partial charge in [0, 0.05) is 9.75 Å². The highest BCUT2D eigenvalue weighted by Gasteiger charge is 2.12. The first-order valence-corrected chi connectivity index (χ1v) is 8.83. The Bertz CT molecular complexity index is 598. The number of hydrogen-bond acceptors (Lipinski definition) is 5. The number of thiophene rings is 2. The standard InChI is InChI=1S/C12H10N2OS2.2C2H6/c1-7-3-5-9(16-7)11-13-14-12(15-11)10-6-4-8(2)17-10;2*1-2/h3-6H,1-2H3;2*1-2H3. The molecule has 0 fully saturated rings. The van der Waals surface area contributed by atoms with E-state index in [2.05, 4.69) is 36.2 Å². The van der Waals surface area contributed by atoms with Crippen molar-refractivity contribution >= 4 is 22.7 Å². The Kier molecular flexibility index (Phi) is 7.32. The maximum Gasteiger partial charge on any atom is 0.258 e. The smallest absolute Gasteiger partial charge is 0.258 e. The Balaban J connectivity index is 0.000000510. The monoisotopic (exact) mass is 322 g/mol.